The molecule has 0 aliphatic heterocycles. The Morgan fingerprint density at radius 2 is 1.91 bits per heavy atom. The van der Waals surface area contributed by atoms with Gasteiger partial charge in [0.2, 0.25) is 0 Å². The molecule has 4 rings (SSSR count). The van der Waals surface area contributed by atoms with Gasteiger partial charge in [-0.1, -0.05) is 57.2 Å². The minimum Gasteiger partial charge on any atom is -0.312 e. The van der Waals surface area contributed by atoms with Crippen molar-refractivity contribution < 1.29 is 12.8 Å². The van der Waals surface area contributed by atoms with Crippen LogP contribution in [0.25, 0.3) is 5.69 Å². The molecule has 6 nitrogen and oxygen atoms in total. The molecule has 33 heavy (non-hydrogen) atoms. The van der Waals surface area contributed by atoms with Crippen LogP contribution >= 0.6 is 0 Å². The fourth-order valence-corrected chi connectivity index (χ4v) is 5.65. The van der Waals surface area contributed by atoms with Gasteiger partial charge < -0.3 is 5.32 Å². The molecule has 8 heteroatoms. The first-order valence-corrected chi connectivity index (χ1v) is 13.0. The Morgan fingerprint density at radius 3 is 2.64 bits per heavy atom. The average Bonchev–Trinajstić information content (AvgIpc) is 3.35. The molecular weight excluding hydrogens is 439 g/mol. The van der Waals surface area contributed by atoms with Crippen LogP contribution in [0.3, 0.4) is 0 Å². The van der Waals surface area contributed by atoms with E-state index in [4.69, 9.17) is 0 Å². The Kier molecular flexibility index (Phi) is 7.45. The summed E-state index contributed by atoms with van der Waals surface area (Å²) in [5.41, 5.74) is 1.54. The van der Waals surface area contributed by atoms with E-state index >= 15 is 0 Å². The third-order valence-corrected chi connectivity index (χ3v) is 7.84. The maximum atomic E-state index is 14.6. The van der Waals surface area contributed by atoms with Crippen molar-refractivity contribution in [2.45, 2.75) is 50.5 Å². The van der Waals surface area contributed by atoms with Crippen molar-refractivity contribution >= 4 is 15.7 Å². The van der Waals surface area contributed by atoms with Crippen molar-refractivity contribution in [3.05, 3.63) is 72.3 Å². The smallest absolute Gasteiger partial charge is 0.262 e. The number of nitrogens with one attached hydrogen (secondary N) is 2. The number of benzene rings is 2. The SMILES string of the molecule is CC(CNCc1ccccc1NS(=O)(=O)c1ccc(-n2cccn2)c(F)c1)C1CCCCC1. The summed E-state index contributed by atoms with van der Waals surface area (Å²) in [5.74, 6) is 0.693. The first kappa shape index (κ1) is 23.4. The van der Waals surface area contributed by atoms with Gasteiger partial charge in [-0.15, -0.1) is 0 Å². The number of anilines is 1. The number of nitrogens with zero attached hydrogens (tertiary/aromatic N) is 2. The Balaban J connectivity index is 1.43. The Bertz CT molecular complexity index is 1160. The van der Waals surface area contributed by atoms with Crippen LogP contribution in [0.2, 0.25) is 0 Å². The van der Waals surface area contributed by atoms with Gasteiger partial charge in [0.05, 0.1) is 10.6 Å². The van der Waals surface area contributed by atoms with Crippen molar-refractivity contribution in [2.24, 2.45) is 11.8 Å². The van der Waals surface area contributed by atoms with E-state index in [1.54, 1.807) is 24.4 Å². The molecule has 1 aromatic heterocycles. The molecule has 1 aliphatic carbocycles. The summed E-state index contributed by atoms with van der Waals surface area (Å²) in [6.07, 6.45) is 9.73. The maximum absolute atomic E-state index is 14.6. The summed E-state index contributed by atoms with van der Waals surface area (Å²) in [4.78, 5) is -0.135. The fourth-order valence-electron chi connectivity index (χ4n) is 4.53. The largest absolute Gasteiger partial charge is 0.312 e. The van der Waals surface area contributed by atoms with Crippen molar-refractivity contribution in [1.82, 2.24) is 15.1 Å². The molecular formula is C25H31FN4O2S. The molecule has 1 aliphatic rings. The molecule has 2 N–H and O–H groups in total. The molecule has 1 heterocycles. The maximum Gasteiger partial charge on any atom is 0.262 e. The van der Waals surface area contributed by atoms with E-state index < -0.39 is 15.8 Å². The van der Waals surface area contributed by atoms with Crippen molar-refractivity contribution in [1.29, 1.82) is 0 Å². The number of hydrogen-bond donors (Lipinski definition) is 2. The Morgan fingerprint density at radius 1 is 1.12 bits per heavy atom. The molecule has 1 fully saturated rings. The summed E-state index contributed by atoms with van der Waals surface area (Å²) in [5, 5.41) is 7.49. The Hall–Kier alpha value is -2.71. The van der Waals surface area contributed by atoms with Gasteiger partial charge in [0.15, 0.2) is 0 Å². The van der Waals surface area contributed by atoms with Gasteiger partial charge in [-0.3, -0.25) is 4.72 Å². The normalized spacial score (nSPS) is 15.9. The minimum atomic E-state index is -3.95. The van der Waals surface area contributed by atoms with E-state index in [-0.39, 0.29) is 10.6 Å². The van der Waals surface area contributed by atoms with Gasteiger partial charge in [-0.05, 0) is 54.3 Å². The lowest BCUT2D eigenvalue weighted by Gasteiger charge is -2.28. The van der Waals surface area contributed by atoms with E-state index in [0.717, 1.165) is 24.1 Å². The number of halogens is 1. The number of para-hydroxylation sites is 1. The summed E-state index contributed by atoms with van der Waals surface area (Å²) < 4.78 is 44.5. The van der Waals surface area contributed by atoms with Gasteiger partial charge in [0.1, 0.15) is 11.5 Å². The molecule has 0 saturated heterocycles. The lowest BCUT2D eigenvalue weighted by Crippen LogP contribution is -2.27. The van der Waals surface area contributed by atoms with E-state index in [0.29, 0.717) is 18.2 Å². The van der Waals surface area contributed by atoms with Crippen LogP contribution in [-0.2, 0) is 16.6 Å². The lowest BCUT2D eigenvalue weighted by molar-refractivity contribution is 0.256. The van der Waals surface area contributed by atoms with E-state index in [1.165, 1.54) is 55.1 Å². The van der Waals surface area contributed by atoms with Crippen LogP contribution in [0.15, 0.2) is 65.8 Å². The van der Waals surface area contributed by atoms with Crippen LogP contribution < -0.4 is 10.0 Å². The fraction of sp³-hybridized carbons (Fsp3) is 0.400. The monoisotopic (exact) mass is 470 g/mol. The van der Waals surface area contributed by atoms with Crippen molar-refractivity contribution in [3.63, 3.8) is 0 Å². The summed E-state index contributed by atoms with van der Waals surface area (Å²) >= 11 is 0. The summed E-state index contributed by atoms with van der Waals surface area (Å²) in [7, 11) is -3.95. The first-order chi connectivity index (χ1) is 15.9. The summed E-state index contributed by atoms with van der Waals surface area (Å²) in [6.45, 7) is 3.74. The van der Waals surface area contributed by atoms with Crippen LogP contribution in [0.5, 0.6) is 0 Å². The molecule has 2 aromatic carbocycles. The number of sulfonamides is 1. The minimum absolute atomic E-state index is 0.135. The van der Waals surface area contributed by atoms with Crippen molar-refractivity contribution in [3.8, 4) is 5.69 Å². The number of aromatic nitrogens is 2. The first-order valence-electron chi connectivity index (χ1n) is 11.5. The third kappa shape index (κ3) is 5.81. The third-order valence-electron chi connectivity index (χ3n) is 6.48. The predicted octanol–water partition coefficient (Wildman–Crippen LogP) is 5.12. The predicted molar refractivity (Wildman–Crippen MR) is 128 cm³/mol. The molecule has 3 aromatic rings. The van der Waals surface area contributed by atoms with E-state index in [2.05, 4.69) is 22.1 Å². The second kappa shape index (κ2) is 10.5. The second-order valence-electron chi connectivity index (χ2n) is 8.83. The molecule has 0 bridgehead atoms. The van der Waals surface area contributed by atoms with Gasteiger partial charge in [-0.25, -0.2) is 17.5 Å². The summed E-state index contributed by atoms with van der Waals surface area (Å²) in [6, 6.07) is 12.8. The molecule has 0 amide bonds. The van der Waals surface area contributed by atoms with E-state index in [9.17, 15) is 12.8 Å². The van der Waals surface area contributed by atoms with Gasteiger partial charge in [0.25, 0.3) is 10.0 Å². The van der Waals surface area contributed by atoms with Crippen molar-refractivity contribution in [2.75, 3.05) is 11.3 Å². The van der Waals surface area contributed by atoms with Gasteiger partial charge in [-0.2, -0.15) is 5.10 Å². The molecule has 0 spiro atoms. The highest BCUT2D eigenvalue weighted by Gasteiger charge is 2.21. The zero-order valence-corrected chi connectivity index (χ0v) is 19.7. The van der Waals surface area contributed by atoms with Gasteiger partial charge in [0, 0.05) is 18.9 Å². The highest BCUT2D eigenvalue weighted by atomic mass is 32.2. The molecule has 1 unspecified atom stereocenters. The topological polar surface area (TPSA) is 76.0 Å². The highest BCUT2D eigenvalue weighted by Crippen LogP contribution is 2.29. The standard InChI is InChI=1S/C25H31FN4O2S/c1-19(20-8-3-2-4-9-20)17-27-18-21-10-5-6-11-24(21)29-33(31,32)22-12-13-25(23(26)16-22)30-15-7-14-28-30/h5-7,10-16,19-20,27,29H,2-4,8-9,17-18H2,1H3. The number of hydrogen-bond acceptors (Lipinski definition) is 4. The molecule has 176 valence electrons. The van der Waals surface area contributed by atoms with E-state index in [1.807, 2.05) is 12.1 Å². The number of rotatable bonds is 9. The lowest BCUT2D eigenvalue weighted by atomic mass is 9.81. The second-order valence-corrected chi connectivity index (χ2v) is 10.5. The molecule has 1 atom stereocenters. The quantitative estimate of drug-likeness (QED) is 0.455. The highest BCUT2D eigenvalue weighted by molar-refractivity contribution is 7.92. The zero-order valence-electron chi connectivity index (χ0n) is 18.9. The van der Waals surface area contributed by atoms with Crippen LogP contribution in [0.4, 0.5) is 10.1 Å². The average molecular weight is 471 g/mol. The zero-order chi connectivity index (χ0) is 23.3. The Labute approximate surface area is 195 Å². The molecule has 1 saturated carbocycles. The van der Waals surface area contributed by atoms with Crippen LogP contribution in [0.1, 0.15) is 44.6 Å². The molecule has 0 radical (unpaired) electrons. The van der Waals surface area contributed by atoms with Gasteiger partial charge >= 0.3 is 0 Å². The van der Waals surface area contributed by atoms with Crippen LogP contribution in [0, 0.1) is 17.7 Å². The van der Waals surface area contributed by atoms with Crippen LogP contribution in [-0.4, -0.2) is 24.7 Å².